The molecule has 1 heterocycles. The molecule has 0 radical (unpaired) electrons. The summed E-state index contributed by atoms with van der Waals surface area (Å²) in [6, 6.07) is 5.04. The fourth-order valence-electron chi connectivity index (χ4n) is 1.78. The third kappa shape index (κ3) is 2.50. The molecular formula is C12H15N3O2. The number of H-pyrrole nitrogens is 1. The molecule has 5 heteroatoms. The van der Waals surface area contributed by atoms with Gasteiger partial charge >= 0.3 is 6.03 Å². The van der Waals surface area contributed by atoms with Gasteiger partial charge in [-0.05, 0) is 24.1 Å². The molecule has 0 aliphatic heterocycles. The van der Waals surface area contributed by atoms with Gasteiger partial charge in [0, 0.05) is 36.8 Å². The van der Waals surface area contributed by atoms with Crippen LogP contribution >= 0.6 is 0 Å². The number of carbonyl (C=O) groups is 1. The molecule has 90 valence electrons. The maximum Gasteiger partial charge on any atom is 0.314 e. The summed E-state index contributed by atoms with van der Waals surface area (Å²) in [6.07, 6.45) is 2.65. The van der Waals surface area contributed by atoms with E-state index in [2.05, 4.69) is 15.6 Å². The summed E-state index contributed by atoms with van der Waals surface area (Å²) in [7, 11) is 1.59. The molecule has 0 saturated carbocycles. The largest absolute Gasteiger partial charge is 0.508 e. The molecule has 17 heavy (non-hydrogen) atoms. The normalized spacial score (nSPS) is 10.4. The second kappa shape index (κ2) is 4.78. The van der Waals surface area contributed by atoms with Crippen LogP contribution in [0, 0.1) is 0 Å². The van der Waals surface area contributed by atoms with Crippen LogP contribution in [0.3, 0.4) is 0 Å². The fraction of sp³-hybridized carbons (Fsp3) is 0.250. The minimum atomic E-state index is -0.178. The Labute approximate surface area is 98.8 Å². The highest BCUT2D eigenvalue weighted by Crippen LogP contribution is 2.22. The van der Waals surface area contributed by atoms with E-state index >= 15 is 0 Å². The number of aromatic nitrogens is 1. The highest BCUT2D eigenvalue weighted by atomic mass is 16.3. The number of benzene rings is 1. The summed E-state index contributed by atoms with van der Waals surface area (Å²) >= 11 is 0. The maximum absolute atomic E-state index is 11.0. The Bertz CT molecular complexity index is 534. The van der Waals surface area contributed by atoms with Crippen molar-refractivity contribution in [2.24, 2.45) is 0 Å². The van der Waals surface area contributed by atoms with E-state index in [9.17, 15) is 9.90 Å². The first-order valence-corrected chi connectivity index (χ1v) is 5.45. The molecule has 0 saturated heterocycles. The molecule has 2 aromatic rings. The number of aromatic amines is 1. The van der Waals surface area contributed by atoms with Crippen molar-refractivity contribution in [2.45, 2.75) is 6.42 Å². The zero-order valence-electron chi connectivity index (χ0n) is 9.58. The van der Waals surface area contributed by atoms with Gasteiger partial charge in [0.1, 0.15) is 5.75 Å². The maximum atomic E-state index is 11.0. The van der Waals surface area contributed by atoms with Crippen LogP contribution in [-0.4, -0.2) is 29.7 Å². The van der Waals surface area contributed by atoms with Crippen LogP contribution in [-0.2, 0) is 6.42 Å². The summed E-state index contributed by atoms with van der Waals surface area (Å²) in [5, 5.41) is 15.6. The molecule has 0 unspecified atom stereocenters. The molecule has 1 aromatic heterocycles. The topological polar surface area (TPSA) is 77.2 Å². The monoisotopic (exact) mass is 233 g/mol. The summed E-state index contributed by atoms with van der Waals surface area (Å²) in [5.74, 6) is 0.245. The molecule has 2 rings (SSSR count). The second-order valence-corrected chi connectivity index (χ2v) is 3.80. The van der Waals surface area contributed by atoms with Gasteiger partial charge in [-0.25, -0.2) is 4.79 Å². The lowest BCUT2D eigenvalue weighted by molar-refractivity contribution is 0.243. The number of phenols is 1. The Balaban J connectivity index is 2.06. The van der Waals surface area contributed by atoms with Crippen molar-refractivity contribution >= 4 is 16.9 Å². The predicted molar refractivity (Wildman–Crippen MR) is 66.1 cm³/mol. The van der Waals surface area contributed by atoms with Crippen LogP contribution in [0.4, 0.5) is 4.79 Å². The Hall–Kier alpha value is -2.17. The number of nitrogens with one attached hydrogen (secondary N) is 3. The number of phenolic OH excluding ortho intramolecular Hbond substituents is 1. The van der Waals surface area contributed by atoms with E-state index in [-0.39, 0.29) is 11.8 Å². The average Bonchev–Trinajstić information content (AvgIpc) is 2.71. The van der Waals surface area contributed by atoms with Crippen LogP contribution < -0.4 is 10.6 Å². The van der Waals surface area contributed by atoms with E-state index in [0.29, 0.717) is 6.54 Å². The van der Waals surface area contributed by atoms with Gasteiger partial charge < -0.3 is 20.7 Å². The first-order valence-electron chi connectivity index (χ1n) is 5.45. The van der Waals surface area contributed by atoms with Gasteiger partial charge in [-0.1, -0.05) is 0 Å². The molecule has 4 N–H and O–H groups in total. The summed E-state index contributed by atoms with van der Waals surface area (Å²) < 4.78 is 0. The molecular weight excluding hydrogens is 218 g/mol. The van der Waals surface area contributed by atoms with Crippen molar-refractivity contribution in [2.75, 3.05) is 13.6 Å². The molecule has 0 aliphatic rings. The summed E-state index contributed by atoms with van der Waals surface area (Å²) in [6.45, 7) is 0.577. The zero-order valence-corrected chi connectivity index (χ0v) is 9.58. The third-order valence-electron chi connectivity index (χ3n) is 2.66. The lowest BCUT2D eigenvalue weighted by atomic mass is 10.1. The molecule has 0 aliphatic carbocycles. The second-order valence-electron chi connectivity index (χ2n) is 3.80. The lowest BCUT2D eigenvalue weighted by Crippen LogP contribution is -2.33. The molecule has 0 spiro atoms. The molecule has 0 atom stereocenters. The van der Waals surface area contributed by atoms with Crippen LogP contribution in [0.15, 0.2) is 24.4 Å². The summed E-state index contributed by atoms with van der Waals surface area (Å²) in [5.41, 5.74) is 2.02. The number of carbonyl (C=O) groups excluding carboxylic acids is 1. The number of hydrogen-bond acceptors (Lipinski definition) is 2. The van der Waals surface area contributed by atoms with Gasteiger partial charge in [-0.15, -0.1) is 0 Å². The smallest absolute Gasteiger partial charge is 0.314 e. The molecule has 0 fully saturated rings. The van der Waals surface area contributed by atoms with Crippen molar-refractivity contribution in [1.29, 1.82) is 0 Å². The lowest BCUT2D eigenvalue weighted by Gasteiger charge is -2.03. The van der Waals surface area contributed by atoms with Crippen molar-refractivity contribution < 1.29 is 9.90 Å². The Morgan fingerprint density at radius 3 is 3.06 bits per heavy atom. The van der Waals surface area contributed by atoms with E-state index in [4.69, 9.17) is 0 Å². The SMILES string of the molecule is CNC(=O)NCCc1c[nH]c2cc(O)ccc12. The quantitative estimate of drug-likeness (QED) is 0.645. The number of urea groups is 1. The third-order valence-corrected chi connectivity index (χ3v) is 2.66. The van der Waals surface area contributed by atoms with Gasteiger partial charge in [0.25, 0.3) is 0 Å². The number of amides is 2. The van der Waals surface area contributed by atoms with Crippen molar-refractivity contribution in [3.63, 3.8) is 0 Å². The Kier molecular flexibility index (Phi) is 3.18. The number of aromatic hydroxyl groups is 1. The first-order chi connectivity index (χ1) is 8.20. The van der Waals surface area contributed by atoms with Crippen molar-refractivity contribution in [3.8, 4) is 5.75 Å². The van der Waals surface area contributed by atoms with Crippen LogP contribution in [0.1, 0.15) is 5.56 Å². The zero-order chi connectivity index (χ0) is 12.3. The van der Waals surface area contributed by atoms with Crippen LogP contribution in [0.5, 0.6) is 5.75 Å². The van der Waals surface area contributed by atoms with E-state index < -0.39 is 0 Å². The van der Waals surface area contributed by atoms with Gasteiger partial charge in [-0.3, -0.25) is 0 Å². The number of rotatable bonds is 3. The van der Waals surface area contributed by atoms with Crippen molar-refractivity contribution in [1.82, 2.24) is 15.6 Å². The first kappa shape index (κ1) is 11.3. The van der Waals surface area contributed by atoms with Crippen molar-refractivity contribution in [3.05, 3.63) is 30.0 Å². The van der Waals surface area contributed by atoms with Gasteiger partial charge in [0.2, 0.25) is 0 Å². The van der Waals surface area contributed by atoms with Gasteiger partial charge in [0.05, 0.1) is 0 Å². The summed E-state index contributed by atoms with van der Waals surface area (Å²) in [4.78, 5) is 14.1. The van der Waals surface area contributed by atoms with Crippen LogP contribution in [0.2, 0.25) is 0 Å². The molecule has 1 aromatic carbocycles. The number of hydrogen-bond donors (Lipinski definition) is 4. The van der Waals surface area contributed by atoms with E-state index in [1.54, 1.807) is 19.2 Å². The fourth-order valence-corrected chi connectivity index (χ4v) is 1.78. The van der Waals surface area contributed by atoms with E-state index in [1.165, 1.54) is 0 Å². The van der Waals surface area contributed by atoms with E-state index in [0.717, 1.165) is 22.9 Å². The highest BCUT2D eigenvalue weighted by molar-refractivity contribution is 5.84. The Morgan fingerprint density at radius 2 is 2.29 bits per heavy atom. The van der Waals surface area contributed by atoms with E-state index in [1.807, 2.05) is 12.3 Å². The minimum Gasteiger partial charge on any atom is -0.508 e. The average molecular weight is 233 g/mol. The minimum absolute atomic E-state index is 0.178. The molecule has 5 nitrogen and oxygen atoms in total. The number of fused-ring (bicyclic) bond motifs is 1. The Morgan fingerprint density at radius 1 is 1.47 bits per heavy atom. The molecule has 2 amide bonds. The standard InChI is InChI=1S/C12H15N3O2/c1-13-12(17)14-5-4-8-7-15-11-6-9(16)2-3-10(8)11/h2-3,6-7,15-16H,4-5H2,1H3,(H2,13,14,17). The van der Waals surface area contributed by atoms with Gasteiger partial charge in [-0.2, -0.15) is 0 Å². The van der Waals surface area contributed by atoms with Gasteiger partial charge in [0.15, 0.2) is 0 Å². The predicted octanol–water partition coefficient (Wildman–Crippen LogP) is 1.34. The molecule has 0 bridgehead atoms. The highest BCUT2D eigenvalue weighted by Gasteiger charge is 2.04. The van der Waals surface area contributed by atoms with Crippen LogP contribution in [0.25, 0.3) is 10.9 Å².